The van der Waals surface area contributed by atoms with Crippen LogP contribution >= 0.6 is 11.6 Å². The maximum Gasteiger partial charge on any atom is 0.337 e. The Balaban J connectivity index is 1.85. The smallest absolute Gasteiger partial charge is 0.337 e. The number of hydrogen-bond donors (Lipinski definition) is 2. The quantitative estimate of drug-likeness (QED) is 0.655. The molecule has 7 heteroatoms. The van der Waals surface area contributed by atoms with E-state index in [0.29, 0.717) is 28.5 Å². The van der Waals surface area contributed by atoms with Crippen molar-refractivity contribution in [3.8, 4) is 5.75 Å². The second kappa shape index (κ2) is 9.83. The topological polar surface area (TPSA) is 76.7 Å². The molecule has 144 valence electrons. The molecule has 0 bridgehead atoms. The maximum atomic E-state index is 12.1. The van der Waals surface area contributed by atoms with Gasteiger partial charge in [-0.3, -0.25) is 4.79 Å². The molecular weight excluding hydrogens is 368 g/mol. The lowest BCUT2D eigenvalue weighted by molar-refractivity contribution is -0.115. The van der Waals surface area contributed by atoms with E-state index >= 15 is 0 Å². The van der Waals surface area contributed by atoms with Crippen LogP contribution in [0.5, 0.6) is 5.75 Å². The van der Waals surface area contributed by atoms with Crippen LogP contribution in [0.4, 0.5) is 11.4 Å². The zero-order chi connectivity index (χ0) is 19.8. The van der Waals surface area contributed by atoms with Crippen molar-refractivity contribution in [1.82, 2.24) is 0 Å². The predicted octanol–water partition coefficient (Wildman–Crippen LogP) is 4.35. The van der Waals surface area contributed by atoms with Crippen LogP contribution in [-0.4, -0.2) is 31.6 Å². The summed E-state index contributed by atoms with van der Waals surface area (Å²) in [6, 6.07) is 12.0. The van der Waals surface area contributed by atoms with E-state index in [9.17, 15) is 9.59 Å². The molecule has 0 fully saturated rings. The van der Waals surface area contributed by atoms with Crippen molar-refractivity contribution in [1.29, 1.82) is 0 Å². The molecule has 0 atom stereocenters. The van der Waals surface area contributed by atoms with Gasteiger partial charge in [-0.2, -0.15) is 0 Å². The van der Waals surface area contributed by atoms with E-state index in [0.717, 1.165) is 5.75 Å². The van der Waals surface area contributed by atoms with Crippen LogP contribution < -0.4 is 15.4 Å². The summed E-state index contributed by atoms with van der Waals surface area (Å²) < 4.78 is 10.3. The fraction of sp³-hybridized carbons (Fsp3) is 0.300. The van der Waals surface area contributed by atoms with Crippen LogP contribution in [0.2, 0.25) is 5.02 Å². The summed E-state index contributed by atoms with van der Waals surface area (Å²) in [5.41, 5.74) is 1.65. The molecular formula is C20H23ClN2O4. The number of carbonyl (C=O) groups excluding carboxylic acids is 2. The molecule has 6 nitrogen and oxygen atoms in total. The van der Waals surface area contributed by atoms with Crippen molar-refractivity contribution >= 4 is 34.9 Å². The lowest BCUT2D eigenvalue weighted by Crippen LogP contribution is -2.16. The molecule has 0 spiro atoms. The first-order chi connectivity index (χ1) is 12.9. The van der Waals surface area contributed by atoms with Gasteiger partial charge in [0.25, 0.3) is 0 Å². The van der Waals surface area contributed by atoms with Gasteiger partial charge in [0.05, 0.1) is 29.5 Å². The van der Waals surface area contributed by atoms with Crippen molar-refractivity contribution in [2.45, 2.75) is 26.4 Å². The molecule has 0 aliphatic heterocycles. The van der Waals surface area contributed by atoms with Gasteiger partial charge in [0, 0.05) is 18.7 Å². The summed E-state index contributed by atoms with van der Waals surface area (Å²) in [5.74, 6) is 0.169. The number of hydrogen-bond acceptors (Lipinski definition) is 5. The van der Waals surface area contributed by atoms with Gasteiger partial charge in [0.2, 0.25) is 5.91 Å². The number of methoxy groups -OCH3 is 1. The number of ether oxygens (including phenoxy) is 2. The molecule has 0 radical (unpaired) electrons. The molecule has 0 unspecified atom stereocenters. The molecule has 0 heterocycles. The maximum absolute atomic E-state index is 12.1. The SMILES string of the molecule is COC(=O)c1ccc(Cl)c(NCCC(=O)Nc2ccc(OC(C)C)cc2)c1. The summed E-state index contributed by atoms with van der Waals surface area (Å²) >= 11 is 6.11. The number of carbonyl (C=O) groups is 2. The molecule has 1 amide bonds. The Kier molecular flexibility index (Phi) is 7.49. The van der Waals surface area contributed by atoms with E-state index in [1.165, 1.54) is 7.11 Å². The largest absolute Gasteiger partial charge is 0.491 e. The Labute approximate surface area is 163 Å². The average molecular weight is 391 g/mol. The lowest BCUT2D eigenvalue weighted by atomic mass is 10.2. The number of amides is 1. The number of rotatable bonds is 8. The first-order valence-corrected chi connectivity index (χ1v) is 8.95. The Morgan fingerprint density at radius 2 is 1.81 bits per heavy atom. The van der Waals surface area contributed by atoms with Crippen molar-refractivity contribution in [2.24, 2.45) is 0 Å². The Bertz CT molecular complexity index is 791. The van der Waals surface area contributed by atoms with Crippen molar-refractivity contribution < 1.29 is 19.1 Å². The van der Waals surface area contributed by atoms with Gasteiger partial charge in [-0.25, -0.2) is 4.79 Å². The van der Waals surface area contributed by atoms with E-state index in [-0.39, 0.29) is 18.4 Å². The molecule has 2 N–H and O–H groups in total. The van der Waals surface area contributed by atoms with Gasteiger partial charge in [0.1, 0.15) is 5.75 Å². The molecule has 0 aromatic heterocycles. The molecule has 2 aromatic carbocycles. The van der Waals surface area contributed by atoms with Crippen LogP contribution in [-0.2, 0) is 9.53 Å². The molecule has 0 aliphatic rings. The average Bonchev–Trinajstić information content (AvgIpc) is 2.63. The van der Waals surface area contributed by atoms with Gasteiger partial charge in [0.15, 0.2) is 0 Å². The molecule has 2 aromatic rings. The van der Waals surface area contributed by atoms with Gasteiger partial charge < -0.3 is 20.1 Å². The van der Waals surface area contributed by atoms with Gasteiger partial charge >= 0.3 is 5.97 Å². The number of benzene rings is 2. The predicted molar refractivity (Wildman–Crippen MR) is 107 cm³/mol. The van der Waals surface area contributed by atoms with Crippen LogP contribution in [0.15, 0.2) is 42.5 Å². The van der Waals surface area contributed by atoms with E-state index in [4.69, 9.17) is 16.3 Å². The summed E-state index contributed by atoms with van der Waals surface area (Å²) in [5, 5.41) is 6.34. The molecule has 0 saturated carbocycles. The Morgan fingerprint density at radius 3 is 2.44 bits per heavy atom. The monoisotopic (exact) mass is 390 g/mol. The van der Waals surface area contributed by atoms with Crippen molar-refractivity contribution in [3.05, 3.63) is 53.1 Å². The zero-order valence-electron chi connectivity index (χ0n) is 15.5. The van der Waals surface area contributed by atoms with Crippen molar-refractivity contribution in [3.63, 3.8) is 0 Å². The third-order valence-corrected chi connectivity index (χ3v) is 3.89. The molecule has 0 aliphatic carbocycles. The highest BCUT2D eigenvalue weighted by Gasteiger charge is 2.09. The van der Waals surface area contributed by atoms with E-state index < -0.39 is 5.97 Å². The first-order valence-electron chi connectivity index (χ1n) is 8.57. The summed E-state index contributed by atoms with van der Waals surface area (Å²) in [6.45, 7) is 4.27. The second-order valence-corrected chi connectivity index (χ2v) is 6.51. The number of esters is 1. The van der Waals surface area contributed by atoms with Crippen LogP contribution in [0.25, 0.3) is 0 Å². The summed E-state index contributed by atoms with van der Waals surface area (Å²) in [4.78, 5) is 23.7. The van der Waals surface area contributed by atoms with Gasteiger partial charge in [-0.15, -0.1) is 0 Å². The normalized spacial score (nSPS) is 10.4. The van der Waals surface area contributed by atoms with Gasteiger partial charge in [-0.1, -0.05) is 11.6 Å². The molecule has 0 saturated heterocycles. The molecule has 27 heavy (non-hydrogen) atoms. The Morgan fingerprint density at radius 1 is 1.11 bits per heavy atom. The highest BCUT2D eigenvalue weighted by atomic mass is 35.5. The minimum atomic E-state index is -0.447. The van der Waals surface area contributed by atoms with E-state index in [2.05, 4.69) is 15.4 Å². The Hall–Kier alpha value is -2.73. The van der Waals surface area contributed by atoms with Crippen molar-refractivity contribution in [2.75, 3.05) is 24.3 Å². The summed E-state index contributed by atoms with van der Waals surface area (Å²) in [6.07, 6.45) is 0.337. The third-order valence-electron chi connectivity index (χ3n) is 3.56. The zero-order valence-corrected chi connectivity index (χ0v) is 16.3. The second-order valence-electron chi connectivity index (χ2n) is 6.10. The van der Waals surface area contributed by atoms with Crippen LogP contribution in [0, 0.1) is 0 Å². The number of nitrogens with one attached hydrogen (secondary N) is 2. The number of halogens is 1. The first kappa shape index (κ1) is 20.6. The fourth-order valence-electron chi connectivity index (χ4n) is 2.33. The lowest BCUT2D eigenvalue weighted by Gasteiger charge is -2.11. The highest BCUT2D eigenvalue weighted by Crippen LogP contribution is 2.23. The van der Waals surface area contributed by atoms with Gasteiger partial charge in [-0.05, 0) is 56.3 Å². The van der Waals surface area contributed by atoms with Crippen LogP contribution in [0.3, 0.4) is 0 Å². The van der Waals surface area contributed by atoms with E-state index in [1.807, 2.05) is 26.0 Å². The molecule has 2 rings (SSSR count). The minimum Gasteiger partial charge on any atom is -0.491 e. The number of anilines is 2. The van der Waals surface area contributed by atoms with E-state index in [1.54, 1.807) is 30.3 Å². The minimum absolute atomic E-state index is 0.0982. The third kappa shape index (κ3) is 6.49. The summed E-state index contributed by atoms with van der Waals surface area (Å²) in [7, 11) is 1.32. The standard InChI is InChI=1S/C20H23ClN2O4/c1-13(2)27-16-7-5-15(6-8-16)23-19(24)10-11-22-18-12-14(20(25)26-3)4-9-17(18)21/h4-9,12-13,22H,10-11H2,1-3H3,(H,23,24). The highest BCUT2D eigenvalue weighted by molar-refractivity contribution is 6.33. The fourth-order valence-corrected chi connectivity index (χ4v) is 2.51. The van der Waals surface area contributed by atoms with Crippen LogP contribution in [0.1, 0.15) is 30.6 Å².